The topological polar surface area (TPSA) is 87.3 Å². The summed E-state index contributed by atoms with van der Waals surface area (Å²) in [4.78, 5) is 36.9. The molecule has 148 valence electrons. The van der Waals surface area contributed by atoms with Crippen molar-refractivity contribution in [1.82, 2.24) is 16.2 Å². The number of benzene rings is 2. The molecule has 6 nitrogen and oxygen atoms in total. The van der Waals surface area contributed by atoms with Crippen molar-refractivity contribution in [2.45, 2.75) is 33.2 Å². The zero-order valence-electron chi connectivity index (χ0n) is 16.1. The van der Waals surface area contributed by atoms with Gasteiger partial charge >= 0.3 is 0 Å². The van der Waals surface area contributed by atoms with Crippen molar-refractivity contribution in [3.05, 3.63) is 70.2 Å². The summed E-state index contributed by atoms with van der Waals surface area (Å²) in [6.07, 6.45) is 0.0967. The summed E-state index contributed by atoms with van der Waals surface area (Å²) < 4.78 is 0. The highest BCUT2D eigenvalue weighted by Crippen LogP contribution is 2.10. The molecule has 0 spiro atoms. The van der Waals surface area contributed by atoms with E-state index in [2.05, 4.69) is 16.2 Å². The van der Waals surface area contributed by atoms with Gasteiger partial charge in [-0.1, -0.05) is 55.3 Å². The number of hydrogen-bond acceptors (Lipinski definition) is 3. The average Bonchev–Trinajstić information content (AvgIpc) is 2.66. The summed E-state index contributed by atoms with van der Waals surface area (Å²) in [5, 5.41) is 3.30. The van der Waals surface area contributed by atoms with Crippen molar-refractivity contribution >= 4 is 29.3 Å². The van der Waals surface area contributed by atoms with Crippen LogP contribution in [-0.2, 0) is 16.0 Å². The Kier molecular flexibility index (Phi) is 7.58. The van der Waals surface area contributed by atoms with Crippen molar-refractivity contribution in [3.63, 3.8) is 0 Å². The Morgan fingerprint density at radius 1 is 0.929 bits per heavy atom. The first-order valence-electron chi connectivity index (χ1n) is 8.97. The molecule has 2 aromatic carbocycles. The molecule has 0 saturated carbocycles. The molecule has 0 aliphatic rings. The number of halogens is 1. The van der Waals surface area contributed by atoms with Crippen molar-refractivity contribution in [2.24, 2.45) is 5.92 Å². The van der Waals surface area contributed by atoms with Crippen molar-refractivity contribution in [3.8, 4) is 0 Å². The van der Waals surface area contributed by atoms with E-state index in [9.17, 15) is 14.4 Å². The molecule has 0 bridgehead atoms. The highest BCUT2D eigenvalue weighted by atomic mass is 35.5. The second-order valence-corrected chi connectivity index (χ2v) is 7.34. The molecule has 3 amide bonds. The minimum Gasteiger partial charge on any atom is -0.340 e. The van der Waals surface area contributed by atoms with Gasteiger partial charge in [-0.25, -0.2) is 0 Å². The van der Waals surface area contributed by atoms with Crippen LogP contribution in [0.2, 0.25) is 5.02 Å². The fraction of sp³-hybridized carbons (Fsp3) is 0.286. The lowest BCUT2D eigenvalue weighted by atomic mass is 10.0. The SMILES string of the molecule is Cc1ccc(C(=O)NC(C(=O)NNC(=O)Cc2ccc(Cl)cc2)C(C)C)cc1. The zero-order valence-corrected chi connectivity index (χ0v) is 16.8. The molecule has 0 fully saturated rings. The summed E-state index contributed by atoms with van der Waals surface area (Å²) in [5.41, 5.74) is 7.04. The molecule has 1 unspecified atom stereocenters. The van der Waals surface area contributed by atoms with Crippen molar-refractivity contribution in [2.75, 3.05) is 0 Å². The van der Waals surface area contributed by atoms with Crippen LogP contribution in [0.1, 0.15) is 35.3 Å². The lowest BCUT2D eigenvalue weighted by Gasteiger charge is -2.22. The predicted octanol–water partition coefficient (Wildman–Crippen LogP) is 2.79. The fourth-order valence-electron chi connectivity index (χ4n) is 2.51. The highest BCUT2D eigenvalue weighted by Gasteiger charge is 2.25. The quantitative estimate of drug-likeness (QED) is 0.650. The molecule has 2 aromatic rings. The molecule has 0 aliphatic heterocycles. The Balaban J connectivity index is 1.91. The second-order valence-electron chi connectivity index (χ2n) is 6.90. The lowest BCUT2D eigenvalue weighted by Crippen LogP contribution is -2.54. The van der Waals surface area contributed by atoms with Crippen LogP contribution in [0.25, 0.3) is 0 Å². The third kappa shape index (κ3) is 6.39. The molecule has 7 heteroatoms. The summed E-state index contributed by atoms with van der Waals surface area (Å²) in [6.45, 7) is 5.56. The fourth-order valence-corrected chi connectivity index (χ4v) is 2.63. The van der Waals surface area contributed by atoms with Crippen LogP contribution in [0, 0.1) is 12.8 Å². The molecule has 28 heavy (non-hydrogen) atoms. The number of carbonyl (C=O) groups excluding carboxylic acids is 3. The van der Waals surface area contributed by atoms with Gasteiger partial charge in [0, 0.05) is 10.6 Å². The molecule has 0 saturated heterocycles. The normalized spacial score (nSPS) is 11.6. The van der Waals surface area contributed by atoms with Crippen LogP contribution >= 0.6 is 11.6 Å². The van der Waals surface area contributed by atoms with Crippen molar-refractivity contribution < 1.29 is 14.4 Å². The van der Waals surface area contributed by atoms with E-state index in [1.165, 1.54) is 0 Å². The number of amides is 3. The van der Waals surface area contributed by atoms with Crippen molar-refractivity contribution in [1.29, 1.82) is 0 Å². The van der Waals surface area contributed by atoms with Gasteiger partial charge in [-0.2, -0.15) is 0 Å². The number of aryl methyl sites for hydroxylation is 1. The maximum Gasteiger partial charge on any atom is 0.261 e. The second kappa shape index (κ2) is 9.90. The van der Waals surface area contributed by atoms with Crippen LogP contribution in [0.4, 0.5) is 0 Å². The predicted molar refractivity (Wildman–Crippen MR) is 109 cm³/mol. The summed E-state index contributed by atoms with van der Waals surface area (Å²) in [6, 6.07) is 13.1. The summed E-state index contributed by atoms with van der Waals surface area (Å²) in [7, 11) is 0. The summed E-state index contributed by atoms with van der Waals surface area (Å²) in [5.74, 6) is -1.37. The Morgan fingerprint density at radius 3 is 2.11 bits per heavy atom. The largest absolute Gasteiger partial charge is 0.340 e. The smallest absolute Gasteiger partial charge is 0.261 e. The number of rotatable bonds is 6. The minimum atomic E-state index is -0.787. The Morgan fingerprint density at radius 2 is 1.54 bits per heavy atom. The standard InChI is InChI=1S/C21H24ClN3O3/c1-13(2)19(23-20(27)16-8-4-14(3)5-9-16)21(28)25-24-18(26)12-15-6-10-17(22)11-7-15/h4-11,13,19H,12H2,1-3H3,(H,23,27)(H,24,26)(H,25,28). The highest BCUT2D eigenvalue weighted by molar-refractivity contribution is 6.30. The van der Waals surface area contributed by atoms with Gasteiger partial charge in [-0.05, 0) is 42.7 Å². The van der Waals surface area contributed by atoms with E-state index in [4.69, 9.17) is 11.6 Å². The molecule has 2 rings (SSSR count). The van der Waals surface area contributed by atoms with E-state index in [0.29, 0.717) is 10.6 Å². The van der Waals surface area contributed by atoms with Gasteiger partial charge in [0.25, 0.3) is 11.8 Å². The van der Waals surface area contributed by atoms with Gasteiger partial charge in [-0.15, -0.1) is 0 Å². The Labute approximate surface area is 169 Å². The number of hydrazine groups is 1. The first-order valence-corrected chi connectivity index (χ1v) is 9.34. The van der Waals surface area contributed by atoms with Gasteiger partial charge in [-0.3, -0.25) is 25.2 Å². The van der Waals surface area contributed by atoms with E-state index in [1.807, 2.05) is 32.9 Å². The van der Waals surface area contributed by atoms with E-state index >= 15 is 0 Å². The molecule has 3 N–H and O–H groups in total. The van der Waals surface area contributed by atoms with E-state index < -0.39 is 11.9 Å². The van der Waals surface area contributed by atoms with E-state index in [0.717, 1.165) is 11.1 Å². The maximum absolute atomic E-state index is 12.4. The lowest BCUT2D eigenvalue weighted by molar-refractivity contribution is -0.130. The van der Waals surface area contributed by atoms with Crippen LogP contribution in [0.5, 0.6) is 0 Å². The van der Waals surface area contributed by atoms with E-state index in [1.54, 1.807) is 36.4 Å². The van der Waals surface area contributed by atoms with Gasteiger partial charge in [0.15, 0.2) is 0 Å². The third-order valence-electron chi connectivity index (χ3n) is 4.15. The molecular weight excluding hydrogens is 378 g/mol. The maximum atomic E-state index is 12.4. The molecular formula is C21H24ClN3O3. The molecule has 0 heterocycles. The van der Waals surface area contributed by atoms with Crippen LogP contribution in [-0.4, -0.2) is 23.8 Å². The van der Waals surface area contributed by atoms with Gasteiger partial charge in [0.1, 0.15) is 6.04 Å². The van der Waals surface area contributed by atoms with Crippen LogP contribution in [0.15, 0.2) is 48.5 Å². The molecule has 1 atom stereocenters. The molecule has 0 aliphatic carbocycles. The number of hydrogen-bond donors (Lipinski definition) is 3. The zero-order chi connectivity index (χ0) is 20.7. The Bertz CT molecular complexity index is 833. The number of nitrogens with one attached hydrogen (secondary N) is 3. The first kappa shape index (κ1) is 21.4. The molecule has 0 aromatic heterocycles. The van der Waals surface area contributed by atoms with Gasteiger partial charge < -0.3 is 5.32 Å². The van der Waals surface area contributed by atoms with Crippen LogP contribution in [0.3, 0.4) is 0 Å². The average molecular weight is 402 g/mol. The third-order valence-corrected chi connectivity index (χ3v) is 4.40. The Hall–Kier alpha value is -2.86. The minimum absolute atomic E-state index is 0.0967. The molecule has 0 radical (unpaired) electrons. The number of carbonyl (C=O) groups is 3. The van der Waals surface area contributed by atoms with E-state index in [-0.39, 0.29) is 24.2 Å². The first-order chi connectivity index (χ1) is 13.3. The summed E-state index contributed by atoms with van der Waals surface area (Å²) >= 11 is 5.82. The van der Waals surface area contributed by atoms with Gasteiger partial charge in [0.2, 0.25) is 5.91 Å². The van der Waals surface area contributed by atoms with Crippen LogP contribution < -0.4 is 16.2 Å². The van der Waals surface area contributed by atoms with Gasteiger partial charge in [0.05, 0.1) is 6.42 Å². The monoisotopic (exact) mass is 401 g/mol.